The molecule has 2 N–H and O–H groups in total. The van der Waals surface area contributed by atoms with E-state index < -0.39 is 10.0 Å². The Morgan fingerprint density at radius 1 is 1.23 bits per heavy atom. The number of hydrogen-bond donors (Lipinski definition) is 2. The van der Waals surface area contributed by atoms with Gasteiger partial charge in [-0.15, -0.1) is 0 Å². The van der Waals surface area contributed by atoms with Crippen LogP contribution in [0.2, 0.25) is 0 Å². The molecular weight excluding hydrogens is 300 g/mol. The lowest BCUT2D eigenvalue weighted by Gasteiger charge is -2.23. The van der Waals surface area contributed by atoms with Gasteiger partial charge < -0.3 is 5.32 Å². The summed E-state index contributed by atoms with van der Waals surface area (Å²) in [6.45, 7) is 1.81. The molecule has 1 aromatic rings. The molecule has 120 valence electrons. The Morgan fingerprint density at radius 2 is 2.00 bits per heavy atom. The van der Waals surface area contributed by atoms with Crippen molar-refractivity contribution in [3.63, 3.8) is 0 Å². The van der Waals surface area contributed by atoms with Crippen LogP contribution in [0, 0.1) is 18.8 Å². The highest BCUT2D eigenvalue weighted by Crippen LogP contribution is 2.44. The molecule has 0 spiro atoms. The predicted octanol–water partition coefficient (Wildman–Crippen LogP) is 2.28. The van der Waals surface area contributed by atoms with Gasteiger partial charge in [-0.05, 0) is 55.7 Å². The summed E-state index contributed by atoms with van der Waals surface area (Å²) in [6, 6.07) is 5.40. The van der Waals surface area contributed by atoms with Crippen molar-refractivity contribution in [1.29, 1.82) is 0 Å². The topological polar surface area (TPSA) is 75.3 Å². The van der Waals surface area contributed by atoms with E-state index in [1.807, 2.05) is 6.92 Å². The van der Waals surface area contributed by atoms with E-state index in [0.717, 1.165) is 24.2 Å². The maximum absolute atomic E-state index is 12.4. The molecule has 3 rings (SSSR count). The summed E-state index contributed by atoms with van der Waals surface area (Å²) in [7, 11) is -3.35. The lowest BCUT2D eigenvalue weighted by atomic mass is 9.95. The van der Waals surface area contributed by atoms with Gasteiger partial charge in [-0.25, -0.2) is 8.42 Å². The van der Waals surface area contributed by atoms with Gasteiger partial charge in [-0.2, -0.15) is 0 Å². The Kier molecular flexibility index (Phi) is 3.89. The number of benzene rings is 1. The Morgan fingerprint density at radius 3 is 2.59 bits per heavy atom. The molecule has 6 heteroatoms. The first-order chi connectivity index (χ1) is 10.3. The molecule has 5 nitrogen and oxygen atoms in total. The van der Waals surface area contributed by atoms with Crippen molar-refractivity contribution < 1.29 is 13.2 Å². The Hall–Kier alpha value is -1.56. The third kappa shape index (κ3) is 3.27. The lowest BCUT2D eigenvalue weighted by Crippen LogP contribution is -2.38. The van der Waals surface area contributed by atoms with Crippen LogP contribution in [0.3, 0.4) is 0 Å². The summed E-state index contributed by atoms with van der Waals surface area (Å²) < 4.78 is 25.2. The van der Waals surface area contributed by atoms with Crippen LogP contribution < -0.4 is 10.0 Å². The quantitative estimate of drug-likeness (QED) is 0.893. The minimum atomic E-state index is -3.35. The monoisotopic (exact) mass is 322 g/mol. The first-order valence-corrected chi connectivity index (χ1v) is 9.60. The van der Waals surface area contributed by atoms with Crippen molar-refractivity contribution >= 4 is 21.6 Å². The lowest BCUT2D eigenvalue weighted by molar-refractivity contribution is 0.0923. The average molecular weight is 322 g/mol. The summed E-state index contributed by atoms with van der Waals surface area (Å²) >= 11 is 0. The second-order valence-electron chi connectivity index (χ2n) is 6.66. The van der Waals surface area contributed by atoms with Gasteiger partial charge in [0.15, 0.2) is 0 Å². The number of nitrogens with one attached hydrogen (secondary N) is 2. The number of rotatable bonds is 4. The molecule has 0 aliphatic heterocycles. The van der Waals surface area contributed by atoms with Gasteiger partial charge >= 0.3 is 0 Å². The van der Waals surface area contributed by atoms with E-state index in [4.69, 9.17) is 0 Å². The van der Waals surface area contributed by atoms with Crippen LogP contribution in [0.25, 0.3) is 0 Å². The van der Waals surface area contributed by atoms with Gasteiger partial charge in [0.2, 0.25) is 10.0 Å². The molecule has 0 aromatic heterocycles. The van der Waals surface area contributed by atoms with Crippen molar-refractivity contribution in [3.05, 3.63) is 29.3 Å². The van der Waals surface area contributed by atoms with E-state index in [1.54, 1.807) is 18.2 Å². The predicted molar refractivity (Wildman–Crippen MR) is 86.3 cm³/mol. The average Bonchev–Trinajstić information content (AvgIpc) is 3.02. The van der Waals surface area contributed by atoms with Crippen LogP contribution in [0.4, 0.5) is 5.69 Å². The normalized spacial score (nSPS) is 26.9. The standard InChI is InChI=1S/C16H22N2O3S/c1-10-3-5-13(9-14(10)18-22(2,20)21)16(19)17-15-8-11-4-6-12(15)7-11/h3,5,9,11-12,15,18H,4,6-8H2,1-2H3,(H,17,19)/t11-,12+,15+/m0/s1. The first kappa shape index (κ1) is 15.3. The summed E-state index contributed by atoms with van der Waals surface area (Å²) in [5.41, 5.74) is 1.75. The maximum Gasteiger partial charge on any atom is 0.251 e. The van der Waals surface area contributed by atoms with Crippen molar-refractivity contribution in [2.75, 3.05) is 11.0 Å². The van der Waals surface area contributed by atoms with E-state index in [0.29, 0.717) is 17.2 Å². The highest BCUT2D eigenvalue weighted by Gasteiger charge is 2.40. The summed E-state index contributed by atoms with van der Waals surface area (Å²) in [5, 5.41) is 3.12. The second kappa shape index (κ2) is 5.57. The van der Waals surface area contributed by atoms with Crippen molar-refractivity contribution in [2.24, 2.45) is 11.8 Å². The van der Waals surface area contributed by atoms with Crippen LogP contribution in [0.5, 0.6) is 0 Å². The van der Waals surface area contributed by atoms with Crippen LogP contribution in [0.1, 0.15) is 41.6 Å². The fourth-order valence-electron chi connectivity index (χ4n) is 3.75. The second-order valence-corrected chi connectivity index (χ2v) is 8.41. The van der Waals surface area contributed by atoms with Crippen molar-refractivity contribution in [1.82, 2.24) is 5.32 Å². The molecule has 2 aliphatic rings. The van der Waals surface area contributed by atoms with Gasteiger partial charge in [0.1, 0.15) is 0 Å². The third-order valence-corrected chi connectivity index (χ3v) is 5.44. The number of carbonyl (C=O) groups is 1. The number of sulfonamides is 1. The molecule has 2 saturated carbocycles. The first-order valence-electron chi connectivity index (χ1n) is 7.71. The largest absolute Gasteiger partial charge is 0.349 e. The summed E-state index contributed by atoms with van der Waals surface area (Å²) in [4.78, 5) is 12.4. The Labute approximate surface area is 131 Å². The van der Waals surface area contributed by atoms with Crippen molar-refractivity contribution in [3.8, 4) is 0 Å². The number of anilines is 1. The number of aryl methyl sites for hydroxylation is 1. The van der Waals surface area contributed by atoms with Crippen LogP contribution in [0.15, 0.2) is 18.2 Å². The molecule has 22 heavy (non-hydrogen) atoms. The molecule has 0 heterocycles. The van der Waals surface area contributed by atoms with E-state index in [2.05, 4.69) is 10.0 Å². The summed E-state index contributed by atoms with van der Waals surface area (Å²) in [6.07, 6.45) is 5.93. The molecule has 1 aromatic carbocycles. The Balaban J connectivity index is 1.74. The minimum Gasteiger partial charge on any atom is -0.349 e. The molecule has 2 bridgehead atoms. The fraction of sp³-hybridized carbons (Fsp3) is 0.562. The van der Waals surface area contributed by atoms with E-state index in [1.165, 1.54) is 19.3 Å². The Bertz CT molecular complexity index is 699. The van der Waals surface area contributed by atoms with Crippen LogP contribution in [-0.4, -0.2) is 26.6 Å². The molecule has 3 atom stereocenters. The van der Waals surface area contributed by atoms with E-state index >= 15 is 0 Å². The smallest absolute Gasteiger partial charge is 0.251 e. The van der Waals surface area contributed by atoms with Gasteiger partial charge in [0, 0.05) is 11.6 Å². The van der Waals surface area contributed by atoms with Crippen LogP contribution in [-0.2, 0) is 10.0 Å². The highest BCUT2D eigenvalue weighted by atomic mass is 32.2. The van der Waals surface area contributed by atoms with E-state index in [-0.39, 0.29) is 11.9 Å². The van der Waals surface area contributed by atoms with E-state index in [9.17, 15) is 13.2 Å². The SMILES string of the molecule is Cc1ccc(C(=O)N[C@@H]2C[C@H]3CC[C@@H]2C3)cc1NS(C)(=O)=O. The highest BCUT2D eigenvalue weighted by molar-refractivity contribution is 7.92. The van der Waals surface area contributed by atoms with Gasteiger partial charge in [-0.1, -0.05) is 12.5 Å². The number of carbonyl (C=O) groups excluding carboxylic acids is 1. The maximum atomic E-state index is 12.4. The molecular formula is C16H22N2O3S. The van der Waals surface area contributed by atoms with Crippen LogP contribution >= 0.6 is 0 Å². The number of amides is 1. The fourth-order valence-corrected chi connectivity index (χ4v) is 4.37. The number of fused-ring (bicyclic) bond motifs is 2. The van der Waals surface area contributed by atoms with Crippen molar-refractivity contribution in [2.45, 2.75) is 38.6 Å². The molecule has 2 fully saturated rings. The third-order valence-electron chi connectivity index (χ3n) is 4.85. The molecule has 0 unspecified atom stereocenters. The molecule has 1 amide bonds. The molecule has 0 radical (unpaired) electrons. The zero-order valence-electron chi connectivity index (χ0n) is 12.9. The zero-order chi connectivity index (χ0) is 15.9. The zero-order valence-corrected chi connectivity index (χ0v) is 13.7. The van der Waals surface area contributed by atoms with Gasteiger partial charge in [-0.3, -0.25) is 9.52 Å². The minimum absolute atomic E-state index is 0.117. The molecule has 0 saturated heterocycles. The van der Waals surface area contributed by atoms with Gasteiger partial charge in [0.25, 0.3) is 5.91 Å². The summed E-state index contributed by atoms with van der Waals surface area (Å²) in [5.74, 6) is 1.28. The molecule has 2 aliphatic carbocycles. The van der Waals surface area contributed by atoms with Gasteiger partial charge in [0.05, 0.1) is 11.9 Å². The number of hydrogen-bond acceptors (Lipinski definition) is 3.